The van der Waals surface area contributed by atoms with Crippen LogP contribution in [0.25, 0.3) is 0 Å². The summed E-state index contributed by atoms with van der Waals surface area (Å²) in [5.74, 6) is -1.45. The second-order valence-electron chi connectivity index (χ2n) is 3.89. The van der Waals surface area contributed by atoms with Crippen molar-refractivity contribution in [1.29, 1.82) is 0 Å². The second kappa shape index (κ2) is 7.59. The fourth-order valence-corrected chi connectivity index (χ4v) is 1.58. The fraction of sp³-hybridized carbons (Fsp3) is 0.143. The number of rotatable bonds is 5. The normalized spacial score (nSPS) is 20.9. The molecule has 1 rings (SSSR count). The van der Waals surface area contributed by atoms with Gasteiger partial charge in [0, 0.05) is 22.6 Å². The van der Waals surface area contributed by atoms with Gasteiger partial charge in [-0.05, 0) is 6.42 Å². The van der Waals surface area contributed by atoms with Gasteiger partial charge < -0.3 is 9.47 Å². The molecule has 1 aliphatic rings. The predicted molar refractivity (Wildman–Crippen MR) is 73.3 cm³/mol. The van der Waals surface area contributed by atoms with Gasteiger partial charge in [-0.3, -0.25) is 10.1 Å². The van der Waals surface area contributed by atoms with Crippen molar-refractivity contribution in [3.63, 3.8) is 0 Å². The van der Waals surface area contributed by atoms with Crippen LogP contribution in [-0.2, 0) is 19.1 Å². The molecule has 0 aromatic rings. The molecule has 0 radical (unpaired) electrons. The lowest BCUT2D eigenvalue weighted by atomic mass is 9.93. The zero-order chi connectivity index (χ0) is 15.8. The van der Waals surface area contributed by atoms with Gasteiger partial charge in [-0.2, -0.15) is 0 Å². The largest absolute Gasteiger partial charge is 0.431 e. The molecule has 7 heteroatoms. The van der Waals surface area contributed by atoms with Crippen LogP contribution in [0.1, 0.15) is 6.42 Å². The van der Waals surface area contributed by atoms with Gasteiger partial charge in [-0.15, -0.1) is 0 Å². The highest BCUT2D eigenvalue weighted by molar-refractivity contribution is 5.82. The third-order valence-corrected chi connectivity index (χ3v) is 2.51. The molecule has 0 aliphatic heterocycles. The first-order valence-corrected chi connectivity index (χ1v) is 5.84. The molecule has 1 atom stereocenters. The highest BCUT2D eigenvalue weighted by Crippen LogP contribution is 2.25. The molecule has 1 unspecified atom stereocenters. The zero-order valence-corrected chi connectivity index (χ0v) is 11.1. The lowest BCUT2D eigenvalue weighted by Crippen LogP contribution is -2.26. The summed E-state index contributed by atoms with van der Waals surface area (Å²) in [5.41, 5.74) is 0.404. The molecule has 7 nitrogen and oxygen atoms in total. The smallest absolute Gasteiger partial charge is 0.334 e. The van der Waals surface area contributed by atoms with Gasteiger partial charge >= 0.3 is 11.9 Å². The quantitative estimate of drug-likeness (QED) is 0.252. The van der Waals surface area contributed by atoms with Crippen LogP contribution in [0.3, 0.4) is 0 Å². The van der Waals surface area contributed by atoms with E-state index in [2.05, 4.69) is 17.9 Å². The maximum Gasteiger partial charge on any atom is 0.334 e. The van der Waals surface area contributed by atoms with E-state index < -0.39 is 22.9 Å². The van der Waals surface area contributed by atoms with Crippen molar-refractivity contribution in [2.24, 2.45) is 0 Å². The van der Waals surface area contributed by atoms with Crippen LogP contribution in [0, 0.1) is 10.1 Å². The summed E-state index contributed by atoms with van der Waals surface area (Å²) in [6, 6.07) is -1.26. The number of carbonyl (C=O) groups is 2. The summed E-state index contributed by atoms with van der Waals surface area (Å²) in [6.45, 7) is 6.44. The molecule has 1 aliphatic carbocycles. The van der Waals surface area contributed by atoms with Crippen molar-refractivity contribution in [3.8, 4) is 0 Å². The number of nitro groups is 1. The van der Waals surface area contributed by atoms with Gasteiger partial charge in [0.15, 0.2) is 0 Å². The van der Waals surface area contributed by atoms with Crippen LogP contribution >= 0.6 is 0 Å². The Kier molecular flexibility index (Phi) is 5.81. The molecular formula is C14H13NO6. The molecule has 0 fully saturated rings. The van der Waals surface area contributed by atoms with E-state index in [4.69, 9.17) is 4.74 Å². The summed E-state index contributed by atoms with van der Waals surface area (Å²) in [4.78, 5) is 32.6. The van der Waals surface area contributed by atoms with Crippen LogP contribution in [0.4, 0.5) is 0 Å². The minimum atomic E-state index is -1.26. The fourth-order valence-electron chi connectivity index (χ4n) is 1.58. The van der Waals surface area contributed by atoms with E-state index in [0.717, 1.165) is 24.7 Å². The van der Waals surface area contributed by atoms with Crippen molar-refractivity contribution >= 4 is 11.9 Å². The van der Waals surface area contributed by atoms with E-state index >= 15 is 0 Å². The molecular weight excluding hydrogens is 278 g/mol. The van der Waals surface area contributed by atoms with Crippen molar-refractivity contribution in [1.82, 2.24) is 0 Å². The van der Waals surface area contributed by atoms with Crippen molar-refractivity contribution < 1.29 is 24.0 Å². The number of hydrogen-bond donors (Lipinski definition) is 0. The summed E-state index contributed by atoms with van der Waals surface area (Å²) >= 11 is 0. The Morgan fingerprint density at radius 2 is 1.81 bits per heavy atom. The summed E-state index contributed by atoms with van der Waals surface area (Å²) < 4.78 is 9.38. The van der Waals surface area contributed by atoms with Crippen LogP contribution in [0.15, 0.2) is 61.1 Å². The molecule has 0 aromatic heterocycles. The third-order valence-electron chi connectivity index (χ3n) is 2.51. The average molecular weight is 291 g/mol. The second-order valence-corrected chi connectivity index (χ2v) is 3.89. The summed E-state index contributed by atoms with van der Waals surface area (Å²) in [5, 5.41) is 11.2. The number of hydrogen-bond acceptors (Lipinski definition) is 6. The average Bonchev–Trinajstić information content (AvgIpc) is 2.49. The Hall–Kier alpha value is -2.96. The monoisotopic (exact) mass is 291 g/mol. The van der Waals surface area contributed by atoms with Crippen molar-refractivity contribution in [2.75, 3.05) is 0 Å². The Bertz CT molecular complexity index is 570. The van der Waals surface area contributed by atoms with E-state index in [-0.39, 0.29) is 17.6 Å². The lowest BCUT2D eigenvalue weighted by molar-refractivity contribution is -0.502. The first-order chi connectivity index (χ1) is 9.99. The molecule has 0 spiro atoms. The number of esters is 2. The standard InChI is InChI=1S/C14H13NO6/c1-3-12(16)20-8-10-6-5-7-11(14(10)15(18)19)9-21-13(17)4-2/h3-6,8-9,14H,1-2,7H2. The van der Waals surface area contributed by atoms with Gasteiger partial charge in [0.25, 0.3) is 6.04 Å². The zero-order valence-electron chi connectivity index (χ0n) is 11.1. The maximum absolute atomic E-state index is 11.2. The molecule has 0 aromatic carbocycles. The molecule has 0 saturated carbocycles. The molecule has 110 valence electrons. The molecule has 0 bridgehead atoms. The number of nitrogens with zero attached hydrogens (tertiary/aromatic N) is 1. The van der Waals surface area contributed by atoms with Gasteiger partial charge in [0.2, 0.25) is 0 Å². The van der Waals surface area contributed by atoms with Gasteiger partial charge in [0.05, 0.1) is 5.57 Å². The van der Waals surface area contributed by atoms with E-state index in [1.807, 2.05) is 0 Å². The summed E-state index contributed by atoms with van der Waals surface area (Å²) in [7, 11) is 0. The first-order valence-electron chi connectivity index (χ1n) is 5.84. The highest BCUT2D eigenvalue weighted by Gasteiger charge is 2.32. The Morgan fingerprint density at radius 1 is 1.24 bits per heavy atom. The molecule has 21 heavy (non-hydrogen) atoms. The van der Waals surface area contributed by atoms with E-state index in [9.17, 15) is 19.7 Å². The highest BCUT2D eigenvalue weighted by atomic mass is 16.6. The van der Waals surface area contributed by atoms with Crippen LogP contribution in [-0.4, -0.2) is 22.9 Å². The SMILES string of the molecule is C=CC(=O)OC=C1C=CCC(=COC(=O)C=C)C1[N+](=O)[O-]. The summed E-state index contributed by atoms with van der Waals surface area (Å²) in [6.07, 6.45) is 7.22. The van der Waals surface area contributed by atoms with Gasteiger partial charge in [-0.1, -0.05) is 25.3 Å². The minimum Gasteiger partial charge on any atom is -0.431 e. The Balaban J connectivity index is 3.02. The maximum atomic E-state index is 11.2. The Labute approximate surface area is 120 Å². The van der Waals surface area contributed by atoms with Gasteiger partial charge in [-0.25, -0.2) is 9.59 Å². The molecule has 0 saturated heterocycles. The van der Waals surface area contributed by atoms with E-state index in [0.29, 0.717) is 0 Å². The molecule has 0 N–H and O–H groups in total. The topological polar surface area (TPSA) is 95.7 Å². The number of ether oxygens (including phenoxy) is 2. The third kappa shape index (κ3) is 4.57. The number of carbonyl (C=O) groups excluding carboxylic acids is 2. The van der Waals surface area contributed by atoms with E-state index in [1.165, 1.54) is 6.08 Å². The Morgan fingerprint density at radius 3 is 2.33 bits per heavy atom. The van der Waals surface area contributed by atoms with Crippen LogP contribution in [0.2, 0.25) is 0 Å². The van der Waals surface area contributed by atoms with E-state index in [1.54, 1.807) is 6.08 Å². The lowest BCUT2D eigenvalue weighted by Gasteiger charge is -2.16. The molecule has 0 amide bonds. The predicted octanol–water partition coefficient (Wildman–Crippen LogP) is 1.82. The first kappa shape index (κ1) is 16.1. The molecule has 0 heterocycles. The number of allylic oxidation sites excluding steroid dienone is 1. The van der Waals surface area contributed by atoms with Crippen molar-refractivity contribution in [3.05, 3.63) is 71.2 Å². The minimum absolute atomic E-state index is 0.155. The van der Waals surface area contributed by atoms with Crippen molar-refractivity contribution in [2.45, 2.75) is 12.5 Å². The van der Waals surface area contributed by atoms with Gasteiger partial charge in [0.1, 0.15) is 12.5 Å². The van der Waals surface area contributed by atoms with Crippen LogP contribution < -0.4 is 0 Å². The van der Waals surface area contributed by atoms with Crippen LogP contribution in [0.5, 0.6) is 0 Å².